The van der Waals surface area contributed by atoms with Crippen LogP contribution in [-0.4, -0.2) is 18.3 Å². The third-order valence-corrected chi connectivity index (χ3v) is 1.89. The number of aromatic nitrogens is 1. The predicted octanol–water partition coefficient (Wildman–Crippen LogP) is 1.85. The van der Waals surface area contributed by atoms with Crippen LogP contribution >= 0.6 is 11.8 Å². The van der Waals surface area contributed by atoms with E-state index in [0.29, 0.717) is 0 Å². The first-order valence-corrected chi connectivity index (χ1v) is 4.27. The minimum Gasteiger partial charge on any atom is -0.387 e. The zero-order chi connectivity index (χ0) is 7.40. The van der Waals surface area contributed by atoms with Crippen molar-refractivity contribution in [3.63, 3.8) is 0 Å². The maximum Gasteiger partial charge on any atom is 0.0958 e. The van der Waals surface area contributed by atoms with Crippen LogP contribution in [0.15, 0.2) is 23.4 Å². The van der Waals surface area contributed by atoms with Crippen molar-refractivity contribution in [3.8, 4) is 0 Å². The summed E-state index contributed by atoms with van der Waals surface area (Å²) in [5.41, 5.74) is 1.05. The number of nitrogens with one attached hydrogen (secondary N) is 1. The van der Waals surface area contributed by atoms with Crippen LogP contribution in [0.4, 0.5) is 5.69 Å². The summed E-state index contributed by atoms with van der Waals surface area (Å²) in [6, 6.07) is 4.01. The fourth-order valence-electron chi connectivity index (χ4n) is 0.649. The van der Waals surface area contributed by atoms with Gasteiger partial charge in [-0.05, 0) is 18.4 Å². The summed E-state index contributed by atoms with van der Waals surface area (Å²) in [6.07, 6.45) is 3.84. The van der Waals surface area contributed by atoms with E-state index in [0.717, 1.165) is 10.7 Å². The van der Waals surface area contributed by atoms with Gasteiger partial charge in [-0.2, -0.15) is 0 Å². The molecule has 1 heterocycles. The normalized spacial score (nSPS) is 9.40. The van der Waals surface area contributed by atoms with Crippen molar-refractivity contribution in [2.24, 2.45) is 0 Å². The van der Waals surface area contributed by atoms with Crippen LogP contribution in [0.2, 0.25) is 0 Å². The molecule has 1 aromatic rings. The molecule has 0 aliphatic carbocycles. The van der Waals surface area contributed by atoms with Crippen LogP contribution in [0.5, 0.6) is 0 Å². The molecule has 2 nitrogen and oxygen atoms in total. The Morgan fingerprint density at radius 2 is 2.30 bits per heavy atom. The van der Waals surface area contributed by atoms with Crippen molar-refractivity contribution in [3.05, 3.63) is 18.3 Å². The van der Waals surface area contributed by atoms with Gasteiger partial charge in [0.25, 0.3) is 0 Å². The van der Waals surface area contributed by atoms with Gasteiger partial charge in [-0.3, -0.25) is 0 Å². The smallest absolute Gasteiger partial charge is 0.0958 e. The lowest BCUT2D eigenvalue weighted by molar-refractivity contribution is 1.14. The van der Waals surface area contributed by atoms with Crippen LogP contribution in [0, 0.1) is 0 Å². The summed E-state index contributed by atoms with van der Waals surface area (Å²) in [5, 5.41) is 4.06. The summed E-state index contributed by atoms with van der Waals surface area (Å²) in [6.45, 7) is 0. The summed E-state index contributed by atoms with van der Waals surface area (Å²) in [4.78, 5) is 4.17. The Balaban J connectivity index is 2.80. The van der Waals surface area contributed by atoms with Gasteiger partial charge < -0.3 is 5.32 Å². The fraction of sp³-hybridized carbons (Fsp3) is 0.286. The number of hydrogen-bond acceptors (Lipinski definition) is 3. The molecule has 1 aromatic heterocycles. The molecule has 0 saturated heterocycles. The minimum absolute atomic E-state index is 1.05. The molecule has 0 unspecified atom stereocenters. The molecular weight excluding hydrogens is 144 g/mol. The number of anilines is 1. The Bertz CT molecular complexity index is 172. The average molecular weight is 154 g/mol. The second-order valence-electron chi connectivity index (χ2n) is 1.84. The Kier molecular flexibility index (Phi) is 2.57. The summed E-state index contributed by atoms with van der Waals surface area (Å²) in [7, 11) is 1.88. The van der Waals surface area contributed by atoms with Crippen molar-refractivity contribution in [2.75, 3.05) is 18.6 Å². The van der Waals surface area contributed by atoms with Crippen LogP contribution in [0.25, 0.3) is 0 Å². The van der Waals surface area contributed by atoms with E-state index in [-0.39, 0.29) is 0 Å². The maximum absolute atomic E-state index is 4.17. The number of nitrogens with zero attached hydrogens (tertiary/aromatic N) is 1. The lowest BCUT2D eigenvalue weighted by Gasteiger charge is -1.98. The minimum atomic E-state index is 1.05. The van der Waals surface area contributed by atoms with Crippen molar-refractivity contribution >= 4 is 17.4 Å². The SMILES string of the molecule is CNc1ccc(SC)nc1. The van der Waals surface area contributed by atoms with Gasteiger partial charge in [0.15, 0.2) is 0 Å². The Morgan fingerprint density at radius 3 is 2.70 bits per heavy atom. The molecule has 0 atom stereocenters. The van der Waals surface area contributed by atoms with Gasteiger partial charge in [-0.1, -0.05) is 0 Å². The molecule has 0 aliphatic heterocycles. The first kappa shape index (κ1) is 7.41. The highest BCUT2D eigenvalue weighted by atomic mass is 32.2. The average Bonchev–Trinajstić information content (AvgIpc) is 2.05. The van der Waals surface area contributed by atoms with Crippen molar-refractivity contribution in [2.45, 2.75) is 5.03 Å². The molecule has 0 saturated carbocycles. The zero-order valence-corrected chi connectivity index (χ0v) is 6.90. The van der Waals surface area contributed by atoms with E-state index >= 15 is 0 Å². The molecule has 1 N–H and O–H groups in total. The molecule has 0 bridgehead atoms. The highest BCUT2D eigenvalue weighted by Gasteiger charge is 1.89. The number of rotatable bonds is 2. The van der Waals surface area contributed by atoms with Gasteiger partial charge in [0.2, 0.25) is 0 Å². The van der Waals surface area contributed by atoms with E-state index in [2.05, 4.69) is 10.3 Å². The van der Waals surface area contributed by atoms with Gasteiger partial charge in [0.05, 0.1) is 16.9 Å². The van der Waals surface area contributed by atoms with E-state index in [1.165, 1.54) is 0 Å². The van der Waals surface area contributed by atoms with E-state index < -0.39 is 0 Å². The van der Waals surface area contributed by atoms with Crippen LogP contribution in [0.1, 0.15) is 0 Å². The second kappa shape index (κ2) is 3.46. The fourth-order valence-corrected chi connectivity index (χ4v) is 1.01. The molecule has 54 valence electrons. The van der Waals surface area contributed by atoms with Crippen LogP contribution in [0.3, 0.4) is 0 Å². The summed E-state index contributed by atoms with van der Waals surface area (Å²) < 4.78 is 0. The van der Waals surface area contributed by atoms with E-state index in [9.17, 15) is 0 Å². The summed E-state index contributed by atoms with van der Waals surface area (Å²) in [5.74, 6) is 0. The summed E-state index contributed by atoms with van der Waals surface area (Å²) >= 11 is 1.65. The molecule has 0 fully saturated rings. The molecule has 0 aliphatic rings. The number of pyridine rings is 1. The Labute approximate surface area is 65.1 Å². The first-order valence-electron chi connectivity index (χ1n) is 3.04. The van der Waals surface area contributed by atoms with Gasteiger partial charge in [-0.15, -0.1) is 11.8 Å². The van der Waals surface area contributed by atoms with E-state index in [1.54, 1.807) is 11.8 Å². The third kappa shape index (κ3) is 1.64. The molecule has 3 heteroatoms. The van der Waals surface area contributed by atoms with Gasteiger partial charge in [0.1, 0.15) is 0 Å². The highest BCUT2D eigenvalue weighted by Crippen LogP contribution is 2.12. The Morgan fingerprint density at radius 1 is 1.50 bits per heavy atom. The van der Waals surface area contributed by atoms with Gasteiger partial charge in [-0.25, -0.2) is 4.98 Å². The van der Waals surface area contributed by atoms with Gasteiger partial charge in [0, 0.05) is 7.05 Å². The lowest BCUT2D eigenvalue weighted by Crippen LogP contribution is -1.88. The quantitative estimate of drug-likeness (QED) is 0.658. The molecule has 0 amide bonds. The third-order valence-electron chi connectivity index (χ3n) is 1.23. The van der Waals surface area contributed by atoms with Crippen LogP contribution in [-0.2, 0) is 0 Å². The number of hydrogen-bond donors (Lipinski definition) is 1. The monoisotopic (exact) mass is 154 g/mol. The molecule has 0 spiro atoms. The van der Waals surface area contributed by atoms with Crippen molar-refractivity contribution < 1.29 is 0 Å². The molecular formula is C7H10N2S. The molecule has 0 radical (unpaired) electrons. The topological polar surface area (TPSA) is 24.9 Å². The predicted molar refractivity (Wildman–Crippen MR) is 45.6 cm³/mol. The molecule has 1 rings (SSSR count). The van der Waals surface area contributed by atoms with E-state index in [4.69, 9.17) is 0 Å². The first-order chi connectivity index (χ1) is 4.86. The van der Waals surface area contributed by atoms with E-state index in [1.807, 2.05) is 31.6 Å². The highest BCUT2D eigenvalue weighted by molar-refractivity contribution is 7.98. The van der Waals surface area contributed by atoms with Crippen LogP contribution < -0.4 is 5.32 Å². The van der Waals surface area contributed by atoms with Gasteiger partial charge >= 0.3 is 0 Å². The molecule has 0 aromatic carbocycles. The van der Waals surface area contributed by atoms with Crippen molar-refractivity contribution in [1.29, 1.82) is 0 Å². The standard InChI is InChI=1S/C7H10N2S/c1-8-6-3-4-7(10-2)9-5-6/h3-5,8H,1-2H3. The zero-order valence-electron chi connectivity index (χ0n) is 6.09. The maximum atomic E-state index is 4.17. The van der Waals surface area contributed by atoms with Crippen molar-refractivity contribution in [1.82, 2.24) is 4.98 Å². The largest absolute Gasteiger partial charge is 0.387 e. The number of thioether (sulfide) groups is 1. The second-order valence-corrected chi connectivity index (χ2v) is 2.67. The lowest BCUT2D eigenvalue weighted by atomic mass is 10.4. The molecule has 10 heavy (non-hydrogen) atoms. The Hall–Kier alpha value is -0.700.